The first-order valence-corrected chi connectivity index (χ1v) is 6.34. The maximum atomic E-state index is 13.9. The standard InChI is InChI=1S/C13H12F7NO/c14-8-4-6(12(15,16)17)3-7(13(18,19)20)9(8)10(21)11(22)5-1-2-5/h3-5,10-11,22H,1-2,21H2/t10-,11+/m0/s1. The van der Waals surface area contributed by atoms with Crippen LogP contribution in [0.3, 0.4) is 0 Å². The molecule has 2 atom stereocenters. The average molecular weight is 331 g/mol. The molecule has 1 aliphatic rings. The van der Waals surface area contributed by atoms with Crippen molar-refractivity contribution in [3.05, 3.63) is 34.6 Å². The second-order valence-corrected chi connectivity index (χ2v) is 5.27. The van der Waals surface area contributed by atoms with E-state index >= 15 is 0 Å². The molecule has 0 aromatic heterocycles. The van der Waals surface area contributed by atoms with Crippen LogP contribution in [0.4, 0.5) is 30.7 Å². The lowest BCUT2D eigenvalue weighted by Crippen LogP contribution is -2.31. The van der Waals surface area contributed by atoms with Gasteiger partial charge in [0.05, 0.1) is 23.3 Å². The van der Waals surface area contributed by atoms with Gasteiger partial charge in [0.1, 0.15) is 5.82 Å². The summed E-state index contributed by atoms with van der Waals surface area (Å²) in [5.41, 5.74) is 0.758. The van der Waals surface area contributed by atoms with Crippen molar-refractivity contribution in [3.8, 4) is 0 Å². The van der Waals surface area contributed by atoms with Gasteiger partial charge in [-0.25, -0.2) is 4.39 Å². The molecule has 0 spiro atoms. The summed E-state index contributed by atoms with van der Waals surface area (Å²) >= 11 is 0. The van der Waals surface area contributed by atoms with Crippen LogP contribution in [0.2, 0.25) is 0 Å². The van der Waals surface area contributed by atoms with Gasteiger partial charge in [0.15, 0.2) is 0 Å². The topological polar surface area (TPSA) is 46.2 Å². The fourth-order valence-electron chi connectivity index (χ4n) is 2.26. The van der Waals surface area contributed by atoms with Crippen molar-refractivity contribution in [2.45, 2.75) is 37.3 Å². The van der Waals surface area contributed by atoms with E-state index in [1.165, 1.54) is 0 Å². The Bertz CT molecular complexity index is 563. The summed E-state index contributed by atoms with van der Waals surface area (Å²) in [5, 5.41) is 9.77. The molecule has 1 aromatic rings. The minimum absolute atomic E-state index is 0.0376. The monoisotopic (exact) mass is 331 g/mol. The minimum Gasteiger partial charge on any atom is -0.391 e. The molecule has 1 aromatic carbocycles. The number of nitrogens with two attached hydrogens (primary N) is 1. The molecule has 0 amide bonds. The molecule has 22 heavy (non-hydrogen) atoms. The Morgan fingerprint density at radius 1 is 1.05 bits per heavy atom. The van der Waals surface area contributed by atoms with Crippen LogP contribution in [0.15, 0.2) is 12.1 Å². The van der Waals surface area contributed by atoms with E-state index in [0.29, 0.717) is 12.8 Å². The molecule has 1 fully saturated rings. The number of benzene rings is 1. The first-order valence-electron chi connectivity index (χ1n) is 6.34. The number of aliphatic hydroxyl groups is 1. The smallest absolute Gasteiger partial charge is 0.391 e. The predicted molar refractivity (Wildman–Crippen MR) is 62.1 cm³/mol. The molecule has 0 saturated heterocycles. The molecular formula is C13H12F7NO. The van der Waals surface area contributed by atoms with Crippen LogP contribution in [0, 0.1) is 11.7 Å². The summed E-state index contributed by atoms with van der Waals surface area (Å²) in [6.07, 6.45) is -10.7. The summed E-state index contributed by atoms with van der Waals surface area (Å²) in [5.74, 6) is -2.09. The van der Waals surface area contributed by atoms with Gasteiger partial charge in [0.25, 0.3) is 0 Å². The fourth-order valence-corrected chi connectivity index (χ4v) is 2.26. The number of halogens is 7. The predicted octanol–water partition coefficient (Wildman–Crippen LogP) is 3.63. The Morgan fingerprint density at radius 2 is 1.59 bits per heavy atom. The zero-order valence-electron chi connectivity index (χ0n) is 11.0. The second kappa shape index (κ2) is 5.38. The molecule has 1 saturated carbocycles. The molecule has 2 rings (SSSR count). The summed E-state index contributed by atoms with van der Waals surface area (Å²) < 4.78 is 90.4. The van der Waals surface area contributed by atoms with Gasteiger partial charge in [0.2, 0.25) is 0 Å². The lowest BCUT2D eigenvalue weighted by molar-refractivity contribution is -0.144. The van der Waals surface area contributed by atoms with Crippen LogP contribution in [0.1, 0.15) is 35.6 Å². The van der Waals surface area contributed by atoms with E-state index in [9.17, 15) is 35.8 Å². The molecular weight excluding hydrogens is 319 g/mol. The van der Waals surface area contributed by atoms with Gasteiger partial charge in [-0.2, -0.15) is 26.3 Å². The summed E-state index contributed by atoms with van der Waals surface area (Å²) in [7, 11) is 0. The highest BCUT2D eigenvalue weighted by Gasteiger charge is 2.43. The SMILES string of the molecule is N[C@@H](c1c(F)cc(C(F)(F)F)cc1C(F)(F)F)[C@H](O)C1CC1. The Balaban J connectivity index is 2.56. The molecule has 2 nitrogen and oxygen atoms in total. The molecule has 124 valence electrons. The third-order valence-corrected chi connectivity index (χ3v) is 3.57. The van der Waals surface area contributed by atoms with Crippen LogP contribution in [0.25, 0.3) is 0 Å². The maximum absolute atomic E-state index is 13.9. The maximum Gasteiger partial charge on any atom is 0.416 e. The van der Waals surface area contributed by atoms with Crippen molar-refractivity contribution >= 4 is 0 Å². The quantitative estimate of drug-likeness (QED) is 0.831. The van der Waals surface area contributed by atoms with Gasteiger partial charge in [0, 0.05) is 5.56 Å². The Labute approximate surface area is 120 Å². The van der Waals surface area contributed by atoms with Crippen LogP contribution < -0.4 is 5.73 Å². The fraction of sp³-hybridized carbons (Fsp3) is 0.538. The highest BCUT2D eigenvalue weighted by atomic mass is 19.4. The van der Waals surface area contributed by atoms with E-state index in [0.717, 1.165) is 0 Å². The second-order valence-electron chi connectivity index (χ2n) is 5.27. The van der Waals surface area contributed by atoms with E-state index in [1.54, 1.807) is 0 Å². The van der Waals surface area contributed by atoms with Crippen molar-refractivity contribution in [1.29, 1.82) is 0 Å². The molecule has 0 aliphatic heterocycles. The molecule has 3 N–H and O–H groups in total. The van der Waals surface area contributed by atoms with Crippen molar-refractivity contribution in [1.82, 2.24) is 0 Å². The molecule has 0 radical (unpaired) electrons. The largest absolute Gasteiger partial charge is 0.416 e. The minimum atomic E-state index is -5.22. The van der Waals surface area contributed by atoms with Crippen molar-refractivity contribution in [3.63, 3.8) is 0 Å². The summed E-state index contributed by atoms with van der Waals surface area (Å²) in [6.45, 7) is 0. The molecule has 9 heteroatoms. The number of aliphatic hydroxyl groups excluding tert-OH is 1. The van der Waals surface area contributed by atoms with Crippen LogP contribution in [-0.2, 0) is 12.4 Å². The average Bonchev–Trinajstić information content (AvgIpc) is 3.18. The van der Waals surface area contributed by atoms with E-state index in [-0.39, 0.29) is 18.1 Å². The molecule has 0 heterocycles. The Kier molecular flexibility index (Phi) is 4.16. The van der Waals surface area contributed by atoms with E-state index in [1.807, 2.05) is 0 Å². The van der Waals surface area contributed by atoms with Crippen LogP contribution >= 0.6 is 0 Å². The number of hydrogen-bond donors (Lipinski definition) is 2. The summed E-state index contributed by atoms with van der Waals surface area (Å²) in [6, 6.07) is -1.96. The lowest BCUT2D eigenvalue weighted by atomic mass is 9.92. The van der Waals surface area contributed by atoms with Gasteiger partial charge in [-0.1, -0.05) is 0 Å². The van der Waals surface area contributed by atoms with E-state index < -0.39 is 47.0 Å². The number of hydrogen-bond acceptors (Lipinski definition) is 2. The van der Waals surface area contributed by atoms with E-state index in [2.05, 4.69) is 0 Å². The normalized spacial score (nSPS) is 19.1. The van der Waals surface area contributed by atoms with Crippen molar-refractivity contribution < 1.29 is 35.8 Å². The summed E-state index contributed by atoms with van der Waals surface area (Å²) in [4.78, 5) is 0. The number of rotatable bonds is 3. The molecule has 1 aliphatic carbocycles. The van der Waals surface area contributed by atoms with Crippen molar-refractivity contribution in [2.75, 3.05) is 0 Å². The number of alkyl halides is 6. The molecule has 0 bridgehead atoms. The van der Waals surface area contributed by atoms with Crippen LogP contribution in [-0.4, -0.2) is 11.2 Å². The first kappa shape index (κ1) is 17.0. The van der Waals surface area contributed by atoms with Crippen molar-refractivity contribution in [2.24, 2.45) is 11.7 Å². The third kappa shape index (κ3) is 3.35. The lowest BCUT2D eigenvalue weighted by Gasteiger charge is -2.24. The van der Waals surface area contributed by atoms with Gasteiger partial charge in [-0.05, 0) is 30.9 Å². The van der Waals surface area contributed by atoms with Gasteiger partial charge >= 0.3 is 12.4 Å². The zero-order chi connectivity index (χ0) is 16.9. The van der Waals surface area contributed by atoms with Gasteiger partial charge < -0.3 is 10.8 Å². The highest BCUT2D eigenvalue weighted by molar-refractivity contribution is 5.39. The van der Waals surface area contributed by atoms with Gasteiger partial charge in [-0.15, -0.1) is 0 Å². The molecule has 0 unspecified atom stereocenters. The van der Waals surface area contributed by atoms with E-state index in [4.69, 9.17) is 5.73 Å². The zero-order valence-corrected chi connectivity index (χ0v) is 11.0. The Morgan fingerprint density at radius 3 is 2.00 bits per heavy atom. The van der Waals surface area contributed by atoms with Crippen LogP contribution in [0.5, 0.6) is 0 Å². The van der Waals surface area contributed by atoms with Gasteiger partial charge in [-0.3, -0.25) is 0 Å². The first-order chi connectivity index (χ1) is 9.93. The highest BCUT2D eigenvalue weighted by Crippen LogP contribution is 2.43. The Hall–Kier alpha value is -1.35. The third-order valence-electron chi connectivity index (χ3n) is 3.57.